The van der Waals surface area contributed by atoms with E-state index < -0.39 is 0 Å². The molecule has 3 aromatic carbocycles. The topological polar surface area (TPSA) is 68.9 Å². The molecule has 0 saturated heterocycles. The third kappa shape index (κ3) is 3.88. The van der Waals surface area contributed by atoms with E-state index in [1.54, 1.807) is 20.3 Å². The summed E-state index contributed by atoms with van der Waals surface area (Å²) in [6, 6.07) is 20.9. The average molecular weight is 464 g/mol. The van der Waals surface area contributed by atoms with Crippen molar-refractivity contribution in [1.29, 1.82) is 0 Å². The predicted octanol–water partition coefficient (Wildman–Crippen LogP) is 6.31. The lowest BCUT2D eigenvalue weighted by atomic mass is 10.1. The molecule has 0 saturated carbocycles. The maximum Gasteiger partial charge on any atom is 0.204 e. The number of nitrogens with zero attached hydrogens (tertiary/aromatic N) is 2. The normalized spacial score (nSPS) is 11.8. The van der Waals surface area contributed by atoms with E-state index in [0.717, 1.165) is 21.2 Å². The SMILES string of the molecule is COc1ccc(-c2c/c(=N\Nc3nc4ccccc4s3)c3cc(Cl)ccc3o2)cc1OC. The van der Waals surface area contributed by atoms with Crippen molar-refractivity contribution < 1.29 is 13.9 Å². The maximum atomic E-state index is 6.25. The van der Waals surface area contributed by atoms with E-state index in [9.17, 15) is 0 Å². The summed E-state index contributed by atoms with van der Waals surface area (Å²) >= 11 is 7.79. The Hall–Kier alpha value is -3.55. The fraction of sp³-hybridized carbons (Fsp3) is 0.0833. The zero-order chi connectivity index (χ0) is 22.1. The van der Waals surface area contributed by atoms with Crippen LogP contribution in [0.3, 0.4) is 0 Å². The van der Waals surface area contributed by atoms with E-state index >= 15 is 0 Å². The quantitative estimate of drug-likeness (QED) is 0.309. The number of fused-ring (bicyclic) bond motifs is 2. The van der Waals surface area contributed by atoms with Crippen molar-refractivity contribution in [2.75, 3.05) is 19.6 Å². The van der Waals surface area contributed by atoms with Crippen molar-refractivity contribution in [3.63, 3.8) is 0 Å². The molecule has 0 aliphatic rings. The van der Waals surface area contributed by atoms with Crippen molar-refractivity contribution in [1.82, 2.24) is 4.98 Å². The Bertz CT molecular complexity index is 1480. The van der Waals surface area contributed by atoms with Crippen LogP contribution in [0.15, 0.2) is 76.2 Å². The molecule has 32 heavy (non-hydrogen) atoms. The fourth-order valence-corrected chi connectivity index (χ4v) is 4.37. The molecule has 2 aromatic heterocycles. The van der Waals surface area contributed by atoms with Crippen LogP contribution in [0, 0.1) is 0 Å². The summed E-state index contributed by atoms with van der Waals surface area (Å²) in [6.07, 6.45) is 0. The summed E-state index contributed by atoms with van der Waals surface area (Å²) in [6.45, 7) is 0. The standard InChI is InChI=1S/C24H18ClN3O3S/c1-29-20-9-7-14(11-22(20)30-2)21-13-18(16-12-15(25)8-10-19(16)31-21)27-28-24-26-17-5-3-4-6-23(17)32-24/h3-13H,1-2H3,(H,26,28)/b27-18+. The lowest BCUT2D eigenvalue weighted by Crippen LogP contribution is -2.07. The number of benzene rings is 3. The molecule has 0 bridgehead atoms. The van der Waals surface area contributed by atoms with Gasteiger partial charge in [0.15, 0.2) is 11.5 Å². The number of nitrogens with one attached hydrogen (secondary N) is 1. The van der Waals surface area contributed by atoms with E-state index in [1.807, 2.05) is 60.7 Å². The number of methoxy groups -OCH3 is 2. The number of thiazole rings is 1. The maximum absolute atomic E-state index is 6.25. The number of halogens is 1. The predicted molar refractivity (Wildman–Crippen MR) is 129 cm³/mol. The van der Waals surface area contributed by atoms with E-state index in [4.69, 9.17) is 25.5 Å². The molecule has 0 unspecified atom stereocenters. The average Bonchev–Trinajstić information content (AvgIpc) is 3.25. The van der Waals surface area contributed by atoms with Crippen molar-refractivity contribution >= 4 is 49.3 Å². The van der Waals surface area contributed by atoms with Crippen molar-refractivity contribution in [3.8, 4) is 22.8 Å². The second-order valence-electron chi connectivity index (χ2n) is 6.92. The van der Waals surface area contributed by atoms with Crippen LogP contribution in [0.4, 0.5) is 5.13 Å². The second-order valence-corrected chi connectivity index (χ2v) is 8.38. The number of ether oxygens (including phenoxy) is 2. The molecule has 0 atom stereocenters. The highest BCUT2D eigenvalue weighted by molar-refractivity contribution is 7.22. The summed E-state index contributed by atoms with van der Waals surface area (Å²) < 4.78 is 18.0. The fourth-order valence-electron chi connectivity index (χ4n) is 3.39. The summed E-state index contributed by atoms with van der Waals surface area (Å²) in [5.74, 6) is 1.89. The molecule has 0 amide bonds. The molecule has 5 aromatic rings. The van der Waals surface area contributed by atoms with Gasteiger partial charge in [-0.3, -0.25) is 5.43 Å². The highest BCUT2D eigenvalue weighted by Gasteiger charge is 2.11. The summed E-state index contributed by atoms with van der Waals surface area (Å²) in [5, 5.41) is 7.40. The Balaban J connectivity index is 1.63. The second kappa shape index (κ2) is 8.53. The number of anilines is 1. The van der Waals surface area contributed by atoms with Gasteiger partial charge in [0.25, 0.3) is 0 Å². The first-order valence-electron chi connectivity index (χ1n) is 9.76. The molecule has 0 spiro atoms. The lowest BCUT2D eigenvalue weighted by molar-refractivity contribution is 0.355. The van der Waals surface area contributed by atoms with Gasteiger partial charge in [-0.15, -0.1) is 0 Å². The molecule has 5 rings (SSSR count). The lowest BCUT2D eigenvalue weighted by Gasteiger charge is -2.10. The molecular weight excluding hydrogens is 446 g/mol. The van der Waals surface area contributed by atoms with Gasteiger partial charge in [-0.1, -0.05) is 35.1 Å². The monoisotopic (exact) mass is 463 g/mol. The number of aromatic nitrogens is 1. The van der Waals surface area contributed by atoms with Gasteiger partial charge in [0.1, 0.15) is 11.3 Å². The van der Waals surface area contributed by atoms with Crippen LogP contribution < -0.4 is 20.3 Å². The van der Waals surface area contributed by atoms with Gasteiger partial charge >= 0.3 is 0 Å². The number of para-hydroxylation sites is 1. The van der Waals surface area contributed by atoms with Gasteiger partial charge < -0.3 is 13.9 Å². The minimum Gasteiger partial charge on any atom is -0.493 e. The Morgan fingerprint density at radius 2 is 1.81 bits per heavy atom. The van der Waals surface area contributed by atoms with Gasteiger partial charge in [0.2, 0.25) is 5.13 Å². The highest BCUT2D eigenvalue weighted by Crippen LogP contribution is 2.33. The number of rotatable bonds is 5. The number of hydrogen-bond acceptors (Lipinski definition) is 7. The first-order chi connectivity index (χ1) is 15.6. The number of hydrogen-bond donors (Lipinski definition) is 1. The summed E-state index contributed by atoms with van der Waals surface area (Å²) in [4.78, 5) is 4.58. The minimum absolute atomic E-state index is 0.600. The summed E-state index contributed by atoms with van der Waals surface area (Å²) in [5.41, 5.74) is 5.50. The van der Waals surface area contributed by atoms with Gasteiger partial charge in [0, 0.05) is 22.0 Å². The molecule has 160 valence electrons. The molecule has 1 N–H and O–H groups in total. The molecular formula is C24H18ClN3O3S. The van der Waals surface area contributed by atoms with Crippen LogP contribution in [0.25, 0.3) is 32.5 Å². The van der Waals surface area contributed by atoms with Crippen LogP contribution in [0.5, 0.6) is 11.5 Å². The third-order valence-electron chi connectivity index (χ3n) is 4.94. The van der Waals surface area contributed by atoms with Crippen LogP contribution >= 0.6 is 22.9 Å². The molecule has 2 heterocycles. The smallest absolute Gasteiger partial charge is 0.204 e. The van der Waals surface area contributed by atoms with Crippen LogP contribution in [-0.4, -0.2) is 19.2 Å². The molecule has 8 heteroatoms. The van der Waals surface area contributed by atoms with E-state index in [2.05, 4.69) is 15.5 Å². The van der Waals surface area contributed by atoms with Gasteiger partial charge in [-0.05, 0) is 48.5 Å². The van der Waals surface area contributed by atoms with E-state index in [1.165, 1.54) is 11.3 Å². The van der Waals surface area contributed by atoms with Crippen LogP contribution in [0.1, 0.15) is 0 Å². The van der Waals surface area contributed by atoms with E-state index in [0.29, 0.717) is 38.4 Å². The third-order valence-corrected chi connectivity index (χ3v) is 6.12. The minimum atomic E-state index is 0.600. The molecule has 6 nitrogen and oxygen atoms in total. The van der Waals surface area contributed by atoms with Crippen molar-refractivity contribution in [2.45, 2.75) is 0 Å². The Labute approximate surface area is 192 Å². The Morgan fingerprint density at radius 3 is 2.62 bits per heavy atom. The van der Waals surface area contributed by atoms with Crippen LogP contribution in [0.2, 0.25) is 5.02 Å². The Kier molecular flexibility index (Phi) is 5.43. The first-order valence-corrected chi connectivity index (χ1v) is 10.9. The summed E-state index contributed by atoms with van der Waals surface area (Å²) in [7, 11) is 3.20. The van der Waals surface area contributed by atoms with Gasteiger partial charge in [-0.25, -0.2) is 4.98 Å². The zero-order valence-corrected chi connectivity index (χ0v) is 18.8. The van der Waals surface area contributed by atoms with Gasteiger partial charge in [0.05, 0.1) is 29.8 Å². The highest BCUT2D eigenvalue weighted by atomic mass is 35.5. The molecule has 0 radical (unpaired) electrons. The van der Waals surface area contributed by atoms with Crippen LogP contribution in [-0.2, 0) is 0 Å². The molecule has 0 fully saturated rings. The zero-order valence-electron chi connectivity index (χ0n) is 17.3. The molecule has 0 aliphatic carbocycles. The first kappa shape index (κ1) is 20.4. The van der Waals surface area contributed by atoms with Gasteiger partial charge in [-0.2, -0.15) is 5.10 Å². The van der Waals surface area contributed by atoms with Crippen molar-refractivity contribution in [3.05, 3.63) is 77.1 Å². The van der Waals surface area contributed by atoms with E-state index in [-0.39, 0.29) is 0 Å². The largest absolute Gasteiger partial charge is 0.493 e. The van der Waals surface area contributed by atoms with Crippen molar-refractivity contribution in [2.24, 2.45) is 5.10 Å². The molecule has 0 aliphatic heterocycles. The Morgan fingerprint density at radius 1 is 0.969 bits per heavy atom.